The second-order valence-electron chi connectivity index (χ2n) is 2.58. The van der Waals surface area contributed by atoms with Crippen molar-refractivity contribution in [1.29, 1.82) is 0 Å². The van der Waals surface area contributed by atoms with Crippen LogP contribution in [0.15, 0.2) is 18.7 Å². The molecule has 1 aromatic rings. The van der Waals surface area contributed by atoms with E-state index in [0.29, 0.717) is 0 Å². The lowest BCUT2D eigenvalue weighted by Crippen LogP contribution is -2.03. The van der Waals surface area contributed by atoms with Crippen molar-refractivity contribution >= 4 is 6.08 Å². The van der Waals surface area contributed by atoms with E-state index in [0.717, 1.165) is 18.2 Å². The van der Waals surface area contributed by atoms with Crippen molar-refractivity contribution in [2.45, 2.75) is 0 Å². The summed E-state index contributed by atoms with van der Waals surface area (Å²) >= 11 is 0. The van der Waals surface area contributed by atoms with E-state index in [-0.39, 0.29) is 0 Å². The minimum atomic E-state index is -2.17. The van der Waals surface area contributed by atoms with Crippen LogP contribution in [-0.2, 0) is 0 Å². The maximum absolute atomic E-state index is 12.9. The molecule has 0 nitrogen and oxygen atoms in total. The van der Waals surface area contributed by atoms with Gasteiger partial charge in [0.1, 0.15) is 0 Å². The minimum absolute atomic E-state index is 0.753. The standard InChI is InChI=1S/C10H5F5/c1-2-3-4-5-6(11)8(13)10(15)9(14)7(5)12/h2-4H,1H2/b4-3+. The molecule has 0 spiro atoms. The van der Waals surface area contributed by atoms with Gasteiger partial charge in [0, 0.05) is 0 Å². The molecule has 0 N–H and O–H groups in total. The number of hydrogen-bond acceptors (Lipinski definition) is 0. The van der Waals surface area contributed by atoms with Crippen LogP contribution in [0.5, 0.6) is 0 Å². The van der Waals surface area contributed by atoms with Gasteiger partial charge in [-0.05, 0) is 6.08 Å². The lowest BCUT2D eigenvalue weighted by Gasteiger charge is -2.03. The molecular formula is C10H5F5. The average Bonchev–Trinajstić information content (AvgIpc) is 2.24. The first kappa shape index (κ1) is 11.4. The Hall–Kier alpha value is -1.65. The van der Waals surface area contributed by atoms with Crippen LogP contribution < -0.4 is 0 Å². The van der Waals surface area contributed by atoms with Crippen molar-refractivity contribution < 1.29 is 22.0 Å². The molecule has 0 aliphatic carbocycles. The van der Waals surface area contributed by atoms with Crippen molar-refractivity contribution in [3.05, 3.63) is 53.4 Å². The van der Waals surface area contributed by atoms with E-state index >= 15 is 0 Å². The minimum Gasteiger partial charge on any atom is -0.203 e. The first-order valence-corrected chi connectivity index (χ1v) is 3.81. The highest BCUT2D eigenvalue weighted by molar-refractivity contribution is 5.53. The number of rotatable bonds is 2. The second kappa shape index (κ2) is 4.25. The molecule has 1 aromatic carbocycles. The first-order chi connectivity index (χ1) is 7.00. The van der Waals surface area contributed by atoms with E-state index in [2.05, 4.69) is 6.58 Å². The van der Waals surface area contributed by atoms with Crippen molar-refractivity contribution in [2.24, 2.45) is 0 Å². The molecule has 0 saturated carbocycles. The number of hydrogen-bond donors (Lipinski definition) is 0. The van der Waals surface area contributed by atoms with E-state index in [4.69, 9.17) is 0 Å². The predicted molar refractivity (Wildman–Crippen MR) is 45.5 cm³/mol. The number of halogens is 5. The highest BCUT2D eigenvalue weighted by Crippen LogP contribution is 2.23. The molecule has 0 aromatic heterocycles. The Morgan fingerprint density at radius 1 is 0.733 bits per heavy atom. The van der Waals surface area contributed by atoms with Gasteiger partial charge in [0.15, 0.2) is 23.3 Å². The second-order valence-corrected chi connectivity index (χ2v) is 2.58. The van der Waals surface area contributed by atoms with Gasteiger partial charge in [-0.1, -0.05) is 18.7 Å². The fraction of sp³-hybridized carbons (Fsp3) is 0. The average molecular weight is 220 g/mol. The summed E-state index contributed by atoms with van der Waals surface area (Å²) in [5, 5.41) is 0. The summed E-state index contributed by atoms with van der Waals surface area (Å²) in [5.74, 6) is -9.80. The molecule has 0 atom stereocenters. The summed E-state index contributed by atoms with van der Waals surface area (Å²) in [5.41, 5.74) is -0.980. The molecule has 15 heavy (non-hydrogen) atoms. The molecule has 0 bridgehead atoms. The van der Waals surface area contributed by atoms with Crippen LogP contribution in [0.1, 0.15) is 5.56 Å². The third-order valence-corrected chi connectivity index (χ3v) is 1.64. The topological polar surface area (TPSA) is 0 Å². The van der Waals surface area contributed by atoms with Gasteiger partial charge in [-0.15, -0.1) is 0 Å². The Labute approximate surface area is 82.3 Å². The summed E-state index contributed by atoms with van der Waals surface area (Å²) in [6.45, 7) is 3.20. The highest BCUT2D eigenvalue weighted by Gasteiger charge is 2.23. The largest absolute Gasteiger partial charge is 0.203 e. The Kier molecular flexibility index (Phi) is 3.24. The van der Waals surface area contributed by atoms with E-state index in [1.165, 1.54) is 0 Å². The maximum Gasteiger partial charge on any atom is 0.200 e. The Bertz CT molecular complexity index is 405. The zero-order valence-electron chi connectivity index (χ0n) is 7.33. The molecule has 0 heterocycles. The molecule has 0 fully saturated rings. The van der Waals surface area contributed by atoms with Crippen LogP contribution >= 0.6 is 0 Å². The van der Waals surface area contributed by atoms with Gasteiger partial charge in [0.2, 0.25) is 5.82 Å². The monoisotopic (exact) mass is 220 g/mol. The van der Waals surface area contributed by atoms with Crippen LogP contribution in [0.4, 0.5) is 22.0 Å². The summed E-state index contributed by atoms with van der Waals surface area (Å²) in [6.07, 6.45) is 2.97. The third-order valence-electron chi connectivity index (χ3n) is 1.64. The van der Waals surface area contributed by atoms with Gasteiger partial charge >= 0.3 is 0 Å². The van der Waals surface area contributed by atoms with E-state index in [9.17, 15) is 22.0 Å². The third kappa shape index (κ3) is 1.91. The summed E-state index contributed by atoms with van der Waals surface area (Å²) in [4.78, 5) is 0. The zero-order chi connectivity index (χ0) is 11.6. The highest BCUT2D eigenvalue weighted by atomic mass is 19.2. The van der Waals surface area contributed by atoms with Crippen LogP contribution in [0.2, 0.25) is 0 Å². The van der Waals surface area contributed by atoms with Gasteiger partial charge in [-0.2, -0.15) is 0 Å². The molecule has 0 radical (unpaired) electrons. The van der Waals surface area contributed by atoms with Gasteiger partial charge in [0.25, 0.3) is 0 Å². The van der Waals surface area contributed by atoms with E-state index < -0.39 is 34.6 Å². The molecule has 80 valence electrons. The van der Waals surface area contributed by atoms with Crippen LogP contribution in [0.3, 0.4) is 0 Å². The van der Waals surface area contributed by atoms with E-state index in [1.807, 2.05) is 0 Å². The summed E-state index contributed by atoms with van der Waals surface area (Å²) < 4.78 is 63.6. The van der Waals surface area contributed by atoms with Gasteiger partial charge in [0.05, 0.1) is 5.56 Å². The summed E-state index contributed by atoms with van der Waals surface area (Å²) in [7, 11) is 0. The van der Waals surface area contributed by atoms with Gasteiger partial charge < -0.3 is 0 Å². The van der Waals surface area contributed by atoms with Gasteiger partial charge in [-0.25, -0.2) is 22.0 Å². The lowest BCUT2D eigenvalue weighted by molar-refractivity contribution is 0.377. The van der Waals surface area contributed by atoms with E-state index in [1.54, 1.807) is 0 Å². The Balaban J connectivity index is 3.52. The predicted octanol–water partition coefficient (Wildman–Crippen LogP) is 3.58. The SMILES string of the molecule is C=C/C=C/c1c(F)c(F)c(F)c(F)c1F. The smallest absolute Gasteiger partial charge is 0.200 e. The maximum atomic E-state index is 12.9. The molecule has 0 aliphatic heterocycles. The Morgan fingerprint density at radius 2 is 1.13 bits per heavy atom. The van der Waals surface area contributed by atoms with Crippen LogP contribution in [-0.4, -0.2) is 0 Å². The summed E-state index contributed by atoms with van der Waals surface area (Å²) in [6, 6.07) is 0. The fourth-order valence-corrected chi connectivity index (χ4v) is 0.932. The Morgan fingerprint density at radius 3 is 1.53 bits per heavy atom. The molecule has 0 amide bonds. The van der Waals surface area contributed by atoms with Crippen LogP contribution in [0.25, 0.3) is 6.08 Å². The molecule has 5 heteroatoms. The van der Waals surface area contributed by atoms with Crippen LogP contribution in [0, 0.1) is 29.1 Å². The molecule has 0 saturated heterocycles. The molecule has 0 unspecified atom stereocenters. The van der Waals surface area contributed by atoms with Crippen molar-refractivity contribution in [3.8, 4) is 0 Å². The zero-order valence-corrected chi connectivity index (χ0v) is 7.33. The number of allylic oxidation sites excluding steroid dienone is 2. The number of benzene rings is 1. The lowest BCUT2D eigenvalue weighted by atomic mass is 10.1. The molecule has 0 aliphatic rings. The quantitative estimate of drug-likeness (QED) is 0.309. The van der Waals surface area contributed by atoms with Crippen molar-refractivity contribution in [2.75, 3.05) is 0 Å². The van der Waals surface area contributed by atoms with Crippen molar-refractivity contribution in [3.63, 3.8) is 0 Å². The molecule has 1 rings (SSSR count). The fourth-order valence-electron chi connectivity index (χ4n) is 0.932. The first-order valence-electron chi connectivity index (χ1n) is 3.81. The molecular weight excluding hydrogens is 215 g/mol. The van der Waals surface area contributed by atoms with Crippen molar-refractivity contribution in [1.82, 2.24) is 0 Å². The van der Waals surface area contributed by atoms with Gasteiger partial charge in [-0.3, -0.25) is 0 Å². The normalized spacial score (nSPS) is 11.0.